The number of carbonyl (C=O) groups excluding carboxylic acids is 1. The van der Waals surface area contributed by atoms with E-state index in [4.69, 9.17) is 10.5 Å². The summed E-state index contributed by atoms with van der Waals surface area (Å²) in [6, 6.07) is 17.1. The van der Waals surface area contributed by atoms with Gasteiger partial charge in [-0.05, 0) is 36.1 Å². The number of aryl methyl sites for hydroxylation is 1. The van der Waals surface area contributed by atoms with Crippen LogP contribution in [0.15, 0.2) is 59.1 Å². The number of hydrogen-bond donors (Lipinski definition) is 1. The smallest absolute Gasteiger partial charge is 0.323 e. The molecule has 0 saturated carbocycles. The molecule has 0 aliphatic carbocycles. The molecule has 0 bridgehead atoms. The van der Waals surface area contributed by atoms with Crippen molar-refractivity contribution in [1.82, 2.24) is 0 Å². The number of halogens is 1. The van der Waals surface area contributed by atoms with Crippen molar-refractivity contribution in [3.63, 3.8) is 0 Å². The lowest BCUT2D eigenvalue weighted by molar-refractivity contribution is -0.146. The van der Waals surface area contributed by atoms with Crippen LogP contribution < -0.4 is 5.73 Å². The summed E-state index contributed by atoms with van der Waals surface area (Å²) < 4.78 is 6.21. The van der Waals surface area contributed by atoms with Gasteiger partial charge in [-0.1, -0.05) is 58.4 Å². The molecule has 0 saturated heterocycles. The molecule has 0 radical (unpaired) electrons. The molecule has 0 spiro atoms. The summed E-state index contributed by atoms with van der Waals surface area (Å²) in [5, 5.41) is 0. The van der Waals surface area contributed by atoms with Gasteiger partial charge in [0.2, 0.25) is 0 Å². The van der Waals surface area contributed by atoms with E-state index in [0.29, 0.717) is 6.42 Å². The molecule has 0 aromatic heterocycles. The maximum Gasteiger partial charge on any atom is 0.323 e. The van der Waals surface area contributed by atoms with E-state index in [1.165, 1.54) is 5.56 Å². The van der Waals surface area contributed by atoms with Crippen molar-refractivity contribution in [2.45, 2.75) is 25.5 Å². The van der Waals surface area contributed by atoms with Crippen molar-refractivity contribution in [1.29, 1.82) is 0 Å². The van der Waals surface area contributed by atoms with Gasteiger partial charge in [0.1, 0.15) is 12.6 Å². The Morgan fingerprint density at radius 1 is 1.10 bits per heavy atom. The van der Waals surface area contributed by atoms with Crippen LogP contribution in [-0.4, -0.2) is 12.0 Å². The Balaban J connectivity index is 1.77. The van der Waals surface area contributed by atoms with E-state index in [1.807, 2.05) is 54.6 Å². The number of rotatable bonds is 6. The third kappa shape index (κ3) is 5.33. The Hall–Kier alpha value is -1.65. The summed E-state index contributed by atoms with van der Waals surface area (Å²) in [7, 11) is 0. The topological polar surface area (TPSA) is 52.3 Å². The van der Waals surface area contributed by atoms with Gasteiger partial charge in [-0.25, -0.2) is 0 Å². The molecule has 2 rings (SSSR count). The zero-order valence-corrected chi connectivity index (χ0v) is 13.3. The van der Waals surface area contributed by atoms with Gasteiger partial charge in [-0.15, -0.1) is 0 Å². The average molecular weight is 348 g/mol. The minimum absolute atomic E-state index is 0.247. The molecular weight excluding hydrogens is 330 g/mol. The second-order valence-corrected chi connectivity index (χ2v) is 5.78. The molecule has 0 aliphatic heterocycles. The predicted molar refractivity (Wildman–Crippen MR) is 86.7 cm³/mol. The fraction of sp³-hybridized carbons (Fsp3) is 0.235. The first-order chi connectivity index (χ1) is 10.1. The summed E-state index contributed by atoms with van der Waals surface area (Å²) >= 11 is 3.38. The van der Waals surface area contributed by atoms with Crippen molar-refractivity contribution in [2.75, 3.05) is 0 Å². The van der Waals surface area contributed by atoms with Gasteiger partial charge in [-0.3, -0.25) is 4.79 Å². The molecule has 0 aliphatic rings. The second kappa shape index (κ2) is 7.96. The highest BCUT2D eigenvalue weighted by Gasteiger charge is 2.15. The van der Waals surface area contributed by atoms with Crippen LogP contribution >= 0.6 is 15.9 Å². The number of nitrogens with two attached hydrogens (primary N) is 1. The number of hydrogen-bond acceptors (Lipinski definition) is 3. The van der Waals surface area contributed by atoms with Crippen molar-refractivity contribution >= 4 is 21.9 Å². The molecule has 1 unspecified atom stereocenters. The zero-order chi connectivity index (χ0) is 15.1. The first kappa shape index (κ1) is 15.7. The van der Waals surface area contributed by atoms with E-state index >= 15 is 0 Å². The SMILES string of the molecule is NC(CCc1ccccc1)C(=O)OCc1cccc(Br)c1. The van der Waals surface area contributed by atoms with Crippen molar-refractivity contribution in [3.05, 3.63) is 70.2 Å². The van der Waals surface area contributed by atoms with Crippen molar-refractivity contribution in [2.24, 2.45) is 5.73 Å². The molecule has 0 heterocycles. The summed E-state index contributed by atoms with van der Waals surface area (Å²) in [5.74, 6) is -0.356. The maximum absolute atomic E-state index is 11.9. The van der Waals surface area contributed by atoms with Crippen molar-refractivity contribution in [3.8, 4) is 0 Å². The summed E-state index contributed by atoms with van der Waals surface area (Å²) in [4.78, 5) is 11.9. The van der Waals surface area contributed by atoms with E-state index < -0.39 is 6.04 Å². The zero-order valence-electron chi connectivity index (χ0n) is 11.7. The monoisotopic (exact) mass is 347 g/mol. The van der Waals surface area contributed by atoms with Gasteiger partial charge < -0.3 is 10.5 Å². The molecule has 110 valence electrons. The minimum atomic E-state index is -0.586. The van der Waals surface area contributed by atoms with Gasteiger partial charge in [-0.2, -0.15) is 0 Å². The standard InChI is InChI=1S/C17H18BrNO2/c18-15-8-4-7-14(11-15)12-21-17(20)16(19)10-9-13-5-2-1-3-6-13/h1-8,11,16H,9-10,12,19H2. The van der Waals surface area contributed by atoms with Crippen LogP contribution in [0.1, 0.15) is 17.5 Å². The van der Waals surface area contributed by atoms with Crippen LogP contribution in [0.4, 0.5) is 0 Å². The van der Waals surface area contributed by atoms with E-state index in [2.05, 4.69) is 15.9 Å². The highest BCUT2D eigenvalue weighted by Crippen LogP contribution is 2.13. The Morgan fingerprint density at radius 3 is 2.52 bits per heavy atom. The fourth-order valence-corrected chi connectivity index (χ4v) is 2.42. The fourth-order valence-electron chi connectivity index (χ4n) is 1.97. The lowest BCUT2D eigenvalue weighted by Crippen LogP contribution is -2.32. The first-order valence-electron chi connectivity index (χ1n) is 6.86. The number of esters is 1. The quantitative estimate of drug-likeness (QED) is 0.814. The maximum atomic E-state index is 11.9. The number of carbonyl (C=O) groups is 1. The molecule has 0 fully saturated rings. The van der Waals surface area contributed by atoms with Gasteiger partial charge in [0, 0.05) is 4.47 Å². The molecule has 1 atom stereocenters. The van der Waals surface area contributed by atoms with Crippen LogP contribution in [0.2, 0.25) is 0 Å². The molecular formula is C17H18BrNO2. The Bertz CT molecular complexity index is 586. The first-order valence-corrected chi connectivity index (χ1v) is 7.65. The third-order valence-electron chi connectivity index (χ3n) is 3.16. The Kier molecular flexibility index (Phi) is 5.96. The highest BCUT2D eigenvalue weighted by atomic mass is 79.9. The predicted octanol–water partition coefficient (Wildman–Crippen LogP) is 3.45. The molecule has 2 aromatic rings. The lowest BCUT2D eigenvalue weighted by Gasteiger charge is -2.11. The molecule has 2 aromatic carbocycles. The van der Waals surface area contributed by atoms with Crippen LogP contribution in [0.3, 0.4) is 0 Å². The molecule has 2 N–H and O–H groups in total. The summed E-state index contributed by atoms with van der Waals surface area (Å²) in [5.41, 5.74) is 7.99. The molecule has 4 heteroatoms. The van der Waals surface area contributed by atoms with Crippen LogP contribution in [0.25, 0.3) is 0 Å². The largest absolute Gasteiger partial charge is 0.460 e. The molecule has 0 amide bonds. The highest BCUT2D eigenvalue weighted by molar-refractivity contribution is 9.10. The molecule has 21 heavy (non-hydrogen) atoms. The van der Waals surface area contributed by atoms with Gasteiger partial charge in [0.05, 0.1) is 0 Å². The van der Waals surface area contributed by atoms with Crippen LogP contribution in [0.5, 0.6) is 0 Å². The summed E-state index contributed by atoms with van der Waals surface area (Å²) in [6.45, 7) is 0.247. The second-order valence-electron chi connectivity index (χ2n) is 4.87. The number of ether oxygens (including phenoxy) is 1. The van der Waals surface area contributed by atoms with Gasteiger partial charge in [0.25, 0.3) is 0 Å². The normalized spacial score (nSPS) is 11.9. The van der Waals surface area contributed by atoms with E-state index in [0.717, 1.165) is 16.5 Å². The van der Waals surface area contributed by atoms with Crippen LogP contribution in [-0.2, 0) is 22.6 Å². The van der Waals surface area contributed by atoms with Crippen LogP contribution in [0, 0.1) is 0 Å². The Labute approximate surface area is 133 Å². The van der Waals surface area contributed by atoms with E-state index in [1.54, 1.807) is 0 Å². The van der Waals surface area contributed by atoms with Crippen molar-refractivity contribution < 1.29 is 9.53 Å². The third-order valence-corrected chi connectivity index (χ3v) is 3.65. The molecule has 3 nitrogen and oxygen atoms in total. The number of benzene rings is 2. The average Bonchev–Trinajstić information content (AvgIpc) is 2.51. The minimum Gasteiger partial charge on any atom is -0.460 e. The van der Waals surface area contributed by atoms with Gasteiger partial charge >= 0.3 is 5.97 Å². The Morgan fingerprint density at radius 2 is 1.81 bits per heavy atom. The summed E-state index contributed by atoms with van der Waals surface area (Å²) in [6.07, 6.45) is 1.36. The van der Waals surface area contributed by atoms with Gasteiger partial charge in [0.15, 0.2) is 0 Å². The lowest BCUT2D eigenvalue weighted by atomic mass is 10.1. The van der Waals surface area contributed by atoms with E-state index in [9.17, 15) is 4.79 Å². The van der Waals surface area contributed by atoms with E-state index in [-0.39, 0.29) is 12.6 Å².